The molecule has 5 nitrogen and oxygen atoms in total. The molecule has 0 aliphatic carbocycles. The Balaban J connectivity index is 2.02. The van der Waals surface area contributed by atoms with Gasteiger partial charge in [0.05, 0.1) is 12.7 Å². The molecule has 1 fully saturated rings. The van der Waals surface area contributed by atoms with Crippen molar-refractivity contribution in [2.75, 3.05) is 24.6 Å². The molecule has 1 aromatic rings. The van der Waals surface area contributed by atoms with Crippen molar-refractivity contribution in [3.05, 3.63) is 23.9 Å². The molecule has 1 aromatic heterocycles. The summed E-state index contributed by atoms with van der Waals surface area (Å²) in [5.41, 5.74) is 0.515. The number of unbranched alkanes of at least 4 members (excludes halogenated alkanes) is 1. The molecule has 0 unspecified atom stereocenters. The van der Waals surface area contributed by atoms with E-state index in [-0.39, 0.29) is 12.6 Å². The molecule has 0 saturated carbocycles. The van der Waals surface area contributed by atoms with Gasteiger partial charge in [0.25, 0.3) is 0 Å². The van der Waals surface area contributed by atoms with Crippen LogP contribution in [0.3, 0.4) is 0 Å². The maximum Gasteiger partial charge on any atom is 0.341 e. The molecule has 1 aliphatic heterocycles. The van der Waals surface area contributed by atoms with Crippen LogP contribution in [0.25, 0.3) is 0 Å². The molecule has 100 valence electrons. The molecule has 1 aliphatic rings. The minimum atomic E-state index is -0.354. The Morgan fingerprint density at radius 2 is 2.26 bits per heavy atom. The number of carbonyl (C=O) groups is 1. The molecule has 0 amide bonds. The van der Waals surface area contributed by atoms with E-state index < -0.39 is 0 Å². The second kappa shape index (κ2) is 6.74. The predicted molar refractivity (Wildman–Crippen MR) is 70.8 cm³/mol. The summed E-state index contributed by atoms with van der Waals surface area (Å²) < 4.78 is 5.17. The number of aromatic nitrogens is 1. The van der Waals surface area contributed by atoms with Gasteiger partial charge in [-0.1, -0.05) is 0 Å². The van der Waals surface area contributed by atoms with E-state index in [1.165, 1.54) is 0 Å². The smallest absolute Gasteiger partial charge is 0.341 e. The van der Waals surface area contributed by atoms with Gasteiger partial charge in [-0.15, -0.1) is 0 Å². The normalized spacial score (nSPS) is 14.2. The van der Waals surface area contributed by atoms with E-state index in [0.717, 1.165) is 25.9 Å². The van der Waals surface area contributed by atoms with Crippen LogP contribution in [0.5, 0.6) is 0 Å². The first-order chi connectivity index (χ1) is 9.33. The molecule has 1 saturated heterocycles. The van der Waals surface area contributed by atoms with Gasteiger partial charge >= 0.3 is 5.97 Å². The van der Waals surface area contributed by atoms with Crippen molar-refractivity contribution in [1.82, 2.24) is 4.98 Å². The summed E-state index contributed by atoms with van der Waals surface area (Å²) in [6.07, 6.45) is 4.93. The number of ether oxygens (including phenoxy) is 1. The van der Waals surface area contributed by atoms with E-state index in [9.17, 15) is 4.79 Å². The molecule has 0 radical (unpaired) electrons. The molecule has 5 heteroatoms. The Morgan fingerprint density at radius 3 is 3.00 bits per heavy atom. The molecule has 0 aromatic carbocycles. The number of nitrogens with zero attached hydrogens (tertiary/aromatic N) is 3. The number of rotatable bonds is 5. The molecule has 0 atom stereocenters. The number of hydrogen-bond donors (Lipinski definition) is 0. The highest BCUT2D eigenvalue weighted by Gasteiger charge is 2.21. The van der Waals surface area contributed by atoms with Gasteiger partial charge in [0.2, 0.25) is 0 Å². The van der Waals surface area contributed by atoms with Crippen LogP contribution in [0.2, 0.25) is 0 Å². The fourth-order valence-electron chi connectivity index (χ4n) is 2.13. The SMILES string of the molecule is N#CCCCOC(=O)c1cccnc1N1CCCC1. The number of esters is 1. The fourth-order valence-corrected chi connectivity index (χ4v) is 2.13. The van der Waals surface area contributed by atoms with Crippen LogP contribution in [-0.4, -0.2) is 30.6 Å². The largest absolute Gasteiger partial charge is 0.462 e. The van der Waals surface area contributed by atoms with Crippen molar-refractivity contribution in [1.29, 1.82) is 5.26 Å². The van der Waals surface area contributed by atoms with Gasteiger partial charge in [-0.05, 0) is 31.4 Å². The third-order valence-corrected chi connectivity index (χ3v) is 3.08. The summed E-state index contributed by atoms with van der Waals surface area (Å²) in [4.78, 5) is 18.4. The average Bonchev–Trinajstić information content (AvgIpc) is 2.97. The Morgan fingerprint density at radius 1 is 1.47 bits per heavy atom. The predicted octanol–water partition coefficient (Wildman–Crippen LogP) is 2.14. The molecule has 2 rings (SSSR count). The lowest BCUT2D eigenvalue weighted by molar-refractivity contribution is 0.0502. The van der Waals surface area contributed by atoms with Crippen molar-refractivity contribution in [3.63, 3.8) is 0 Å². The lowest BCUT2D eigenvalue weighted by Gasteiger charge is -2.18. The van der Waals surface area contributed by atoms with Gasteiger partial charge < -0.3 is 9.64 Å². The van der Waals surface area contributed by atoms with E-state index in [1.54, 1.807) is 18.3 Å². The van der Waals surface area contributed by atoms with Crippen molar-refractivity contribution in [3.8, 4) is 6.07 Å². The van der Waals surface area contributed by atoms with E-state index in [4.69, 9.17) is 10.00 Å². The summed E-state index contributed by atoms with van der Waals surface area (Å²) in [6, 6.07) is 5.51. The standard InChI is InChI=1S/C14H17N3O2/c15-7-1-4-11-19-14(18)12-6-5-8-16-13(12)17-9-2-3-10-17/h5-6,8H,1-4,9-11H2. The van der Waals surface area contributed by atoms with Crippen LogP contribution in [-0.2, 0) is 4.74 Å². The highest BCUT2D eigenvalue weighted by Crippen LogP contribution is 2.22. The van der Waals surface area contributed by atoms with Crippen molar-refractivity contribution >= 4 is 11.8 Å². The monoisotopic (exact) mass is 259 g/mol. The van der Waals surface area contributed by atoms with Gasteiger partial charge in [-0.3, -0.25) is 0 Å². The fraction of sp³-hybridized carbons (Fsp3) is 0.500. The highest BCUT2D eigenvalue weighted by atomic mass is 16.5. The number of pyridine rings is 1. The summed E-state index contributed by atoms with van der Waals surface area (Å²) in [7, 11) is 0. The first kappa shape index (κ1) is 13.3. The molecule has 0 spiro atoms. The average molecular weight is 259 g/mol. The molecule has 0 bridgehead atoms. The topological polar surface area (TPSA) is 66.2 Å². The van der Waals surface area contributed by atoms with Crippen LogP contribution in [0.4, 0.5) is 5.82 Å². The summed E-state index contributed by atoms with van der Waals surface area (Å²) in [5, 5.41) is 8.43. The summed E-state index contributed by atoms with van der Waals surface area (Å²) >= 11 is 0. The maximum atomic E-state index is 12.0. The minimum absolute atomic E-state index is 0.278. The zero-order valence-electron chi connectivity index (χ0n) is 10.8. The van der Waals surface area contributed by atoms with Gasteiger partial charge in [-0.2, -0.15) is 5.26 Å². The van der Waals surface area contributed by atoms with Gasteiger partial charge in [-0.25, -0.2) is 9.78 Å². The van der Waals surface area contributed by atoms with Crippen LogP contribution in [0.1, 0.15) is 36.0 Å². The molecular formula is C14H17N3O2. The van der Waals surface area contributed by atoms with Gasteiger partial charge in [0.1, 0.15) is 11.4 Å². The molecule has 2 heterocycles. The van der Waals surface area contributed by atoms with Crippen molar-refractivity contribution < 1.29 is 9.53 Å². The zero-order chi connectivity index (χ0) is 13.5. The van der Waals surface area contributed by atoms with E-state index in [1.807, 2.05) is 6.07 Å². The van der Waals surface area contributed by atoms with Crippen LogP contribution >= 0.6 is 0 Å². The van der Waals surface area contributed by atoms with Crippen LogP contribution in [0, 0.1) is 11.3 Å². The maximum absolute atomic E-state index is 12.0. The van der Waals surface area contributed by atoms with E-state index in [2.05, 4.69) is 9.88 Å². The van der Waals surface area contributed by atoms with Crippen LogP contribution in [0.15, 0.2) is 18.3 Å². The molecule has 19 heavy (non-hydrogen) atoms. The minimum Gasteiger partial charge on any atom is -0.462 e. The number of carbonyl (C=O) groups excluding carboxylic acids is 1. The Hall–Kier alpha value is -2.09. The molecular weight excluding hydrogens is 242 g/mol. The highest BCUT2D eigenvalue weighted by molar-refractivity contribution is 5.94. The third kappa shape index (κ3) is 3.44. The van der Waals surface area contributed by atoms with E-state index in [0.29, 0.717) is 24.2 Å². The molecule has 0 N–H and O–H groups in total. The number of anilines is 1. The number of hydrogen-bond acceptors (Lipinski definition) is 5. The van der Waals surface area contributed by atoms with Crippen molar-refractivity contribution in [2.24, 2.45) is 0 Å². The Bertz CT molecular complexity index is 476. The zero-order valence-corrected chi connectivity index (χ0v) is 10.8. The third-order valence-electron chi connectivity index (χ3n) is 3.08. The second-order valence-electron chi connectivity index (χ2n) is 4.47. The van der Waals surface area contributed by atoms with Gasteiger partial charge in [0, 0.05) is 25.7 Å². The second-order valence-corrected chi connectivity index (χ2v) is 4.47. The first-order valence-electron chi connectivity index (χ1n) is 6.57. The summed E-state index contributed by atoms with van der Waals surface area (Å²) in [5.74, 6) is 0.359. The first-order valence-corrected chi connectivity index (χ1v) is 6.57. The lowest BCUT2D eigenvalue weighted by atomic mass is 10.2. The van der Waals surface area contributed by atoms with Crippen molar-refractivity contribution in [2.45, 2.75) is 25.7 Å². The Kier molecular flexibility index (Phi) is 4.73. The van der Waals surface area contributed by atoms with E-state index >= 15 is 0 Å². The summed E-state index contributed by atoms with van der Waals surface area (Å²) in [6.45, 7) is 2.15. The lowest BCUT2D eigenvalue weighted by Crippen LogP contribution is -2.22. The number of nitriles is 1. The Labute approximate surface area is 112 Å². The quantitative estimate of drug-likeness (QED) is 0.598. The van der Waals surface area contributed by atoms with Gasteiger partial charge in [0.15, 0.2) is 0 Å². The van der Waals surface area contributed by atoms with Crippen LogP contribution < -0.4 is 4.90 Å².